The molecule has 0 atom stereocenters. The topological polar surface area (TPSA) is 20.2 Å². The lowest BCUT2D eigenvalue weighted by Crippen LogP contribution is -2.20. The number of hydrogen-bond acceptors (Lipinski definition) is 1. The summed E-state index contributed by atoms with van der Waals surface area (Å²) in [6.45, 7) is 13.3. The molecule has 1 N–H and O–H groups in total. The summed E-state index contributed by atoms with van der Waals surface area (Å²) < 4.78 is 0. The standard InChI is InChI=1S/C11H17ClO/c1-8(2)10(6-9(3)12)11(4,5)7-13/h6,13H,1,3,7H2,2,4-5H3/b10-6+. The van der Waals surface area contributed by atoms with Crippen molar-refractivity contribution in [2.24, 2.45) is 5.41 Å². The average molecular weight is 201 g/mol. The smallest absolute Gasteiger partial charge is 0.0522 e. The molecule has 0 saturated carbocycles. The third-order valence-corrected chi connectivity index (χ3v) is 1.99. The van der Waals surface area contributed by atoms with Crippen molar-refractivity contribution in [2.75, 3.05) is 6.61 Å². The average Bonchev–Trinajstić information content (AvgIpc) is 1.99. The van der Waals surface area contributed by atoms with Crippen molar-refractivity contribution in [2.45, 2.75) is 20.8 Å². The number of aliphatic hydroxyl groups excluding tert-OH is 1. The lowest BCUT2D eigenvalue weighted by atomic mass is 9.81. The van der Waals surface area contributed by atoms with E-state index in [0.29, 0.717) is 5.03 Å². The molecule has 0 aliphatic rings. The second-order valence-electron chi connectivity index (χ2n) is 3.83. The van der Waals surface area contributed by atoms with Crippen molar-refractivity contribution in [1.29, 1.82) is 0 Å². The summed E-state index contributed by atoms with van der Waals surface area (Å²) in [5, 5.41) is 9.63. The first-order chi connectivity index (χ1) is 5.81. The van der Waals surface area contributed by atoms with E-state index in [1.807, 2.05) is 20.8 Å². The van der Waals surface area contributed by atoms with Gasteiger partial charge in [-0.05, 0) is 18.6 Å². The normalized spacial score (nSPS) is 12.8. The van der Waals surface area contributed by atoms with Gasteiger partial charge < -0.3 is 5.11 Å². The van der Waals surface area contributed by atoms with Crippen molar-refractivity contribution in [3.63, 3.8) is 0 Å². The molecule has 0 saturated heterocycles. The van der Waals surface area contributed by atoms with Crippen LogP contribution in [0.4, 0.5) is 0 Å². The SMILES string of the molecule is C=C(Cl)/C=C(\C(=C)C)C(C)(C)CO. The Morgan fingerprint density at radius 2 is 1.92 bits per heavy atom. The largest absolute Gasteiger partial charge is 0.395 e. The second kappa shape index (κ2) is 4.64. The van der Waals surface area contributed by atoms with E-state index in [4.69, 9.17) is 11.6 Å². The molecule has 0 aromatic rings. The number of halogens is 1. The van der Waals surface area contributed by atoms with E-state index >= 15 is 0 Å². The summed E-state index contributed by atoms with van der Waals surface area (Å²) in [7, 11) is 0. The van der Waals surface area contributed by atoms with Crippen LogP contribution in [0.15, 0.2) is 35.4 Å². The highest BCUT2D eigenvalue weighted by Crippen LogP contribution is 2.31. The van der Waals surface area contributed by atoms with E-state index in [9.17, 15) is 5.11 Å². The van der Waals surface area contributed by atoms with Crippen LogP contribution < -0.4 is 0 Å². The minimum atomic E-state index is -0.316. The zero-order valence-corrected chi connectivity index (χ0v) is 9.28. The summed E-state index contributed by atoms with van der Waals surface area (Å²) in [6, 6.07) is 0. The van der Waals surface area contributed by atoms with Crippen molar-refractivity contribution < 1.29 is 5.11 Å². The molecule has 1 nitrogen and oxygen atoms in total. The van der Waals surface area contributed by atoms with Crippen LogP contribution in [0, 0.1) is 5.41 Å². The lowest BCUT2D eigenvalue weighted by molar-refractivity contribution is 0.192. The molecule has 0 aromatic heterocycles. The number of hydrogen-bond donors (Lipinski definition) is 1. The molecule has 0 heterocycles. The van der Waals surface area contributed by atoms with Crippen LogP contribution in [0.3, 0.4) is 0 Å². The first-order valence-electron chi connectivity index (χ1n) is 4.14. The summed E-state index contributed by atoms with van der Waals surface area (Å²) in [5.41, 5.74) is 1.53. The number of aliphatic hydroxyl groups is 1. The quantitative estimate of drug-likeness (QED) is 0.691. The maximum absolute atomic E-state index is 9.17. The van der Waals surface area contributed by atoms with Crippen LogP contribution in [0.5, 0.6) is 0 Å². The monoisotopic (exact) mass is 200 g/mol. The summed E-state index contributed by atoms with van der Waals surface area (Å²) in [4.78, 5) is 0. The fourth-order valence-corrected chi connectivity index (χ4v) is 1.25. The zero-order chi connectivity index (χ0) is 10.6. The molecule has 0 spiro atoms. The van der Waals surface area contributed by atoms with Gasteiger partial charge in [-0.15, -0.1) is 0 Å². The van der Waals surface area contributed by atoms with E-state index < -0.39 is 0 Å². The highest BCUT2D eigenvalue weighted by Gasteiger charge is 2.22. The van der Waals surface area contributed by atoms with E-state index in [1.54, 1.807) is 6.08 Å². The Labute approximate surface area is 85.4 Å². The van der Waals surface area contributed by atoms with E-state index in [0.717, 1.165) is 11.1 Å². The van der Waals surface area contributed by atoms with Crippen molar-refractivity contribution in [3.05, 3.63) is 35.4 Å². The Kier molecular flexibility index (Phi) is 4.45. The highest BCUT2D eigenvalue weighted by molar-refractivity contribution is 6.30. The Morgan fingerprint density at radius 3 is 2.15 bits per heavy atom. The summed E-state index contributed by atoms with van der Waals surface area (Å²) in [5.74, 6) is 0. The predicted octanol–water partition coefficient (Wildman–Crippen LogP) is 3.26. The molecule has 0 aliphatic carbocycles. The van der Waals surface area contributed by atoms with Crippen LogP contribution in [0.1, 0.15) is 20.8 Å². The Hall–Kier alpha value is -0.530. The molecular formula is C11H17ClO. The Balaban J connectivity index is 5.04. The Morgan fingerprint density at radius 1 is 1.46 bits per heavy atom. The van der Waals surface area contributed by atoms with E-state index in [2.05, 4.69) is 13.2 Å². The maximum Gasteiger partial charge on any atom is 0.0522 e. The van der Waals surface area contributed by atoms with Crippen LogP contribution in [-0.4, -0.2) is 11.7 Å². The van der Waals surface area contributed by atoms with Gasteiger partial charge in [-0.2, -0.15) is 0 Å². The number of allylic oxidation sites excluding steroid dienone is 3. The van der Waals surface area contributed by atoms with Gasteiger partial charge >= 0.3 is 0 Å². The number of rotatable bonds is 4. The fourth-order valence-electron chi connectivity index (χ4n) is 1.14. The van der Waals surface area contributed by atoms with Crippen molar-refractivity contribution in [1.82, 2.24) is 0 Å². The van der Waals surface area contributed by atoms with Crippen LogP contribution >= 0.6 is 11.6 Å². The van der Waals surface area contributed by atoms with Crippen LogP contribution in [-0.2, 0) is 0 Å². The zero-order valence-electron chi connectivity index (χ0n) is 8.52. The third-order valence-electron chi connectivity index (χ3n) is 1.89. The van der Waals surface area contributed by atoms with Gasteiger partial charge in [-0.25, -0.2) is 0 Å². The second-order valence-corrected chi connectivity index (χ2v) is 4.31. The van der Waals surface area contributed by atoms with E-state index in [-0.39, 0.29) is 12.0 Å². The molecular weight excluding hydrogens is 184 g/mol. The first-order valence-corrected chi connectivity index (χ1v) is 4.52. The minimum Gasteiger partial charge on any atom is -0.395 e. The highest BCUT2D eigenvalue weighted by atomic mass is 35.5. The van der Waals surface area contributed by atoms with Gasteiger partial charge in [0, 0.05) is 10.4 Å². The van der Waals surface area contributed by atoms with Gasteiger partial charge in [0.2, 0.25) is 0 Å². The molecule has 0 unspecified atom stereocenters. The maximum atomic E-state index is 9.17. The van der Waals surface area contributed by atoms with Gasteiger partial charge in [-0.1, -0.05) is 44.2 Å². The summed E-state index contributed by atoms with van der Waals surface area (Å²) in [6.07, 6.45) is 1.75. The van der Waals surface area contributed by atoms with Crippen molar-refractivity contribution >= 4 is 11.6 Å². The van der Waals surface area contributed by atoms with Gasteiger partial charge in [0.05, 0.1) is 6.61 Å². The molecule has 0 amide bonds. The van der Waals surface area contributed by atoms with Gasteiger partial charge in [0.25, 0.3) is 0 Å². The first kappa shape index (κ1) is 12.5. The molecule has 0 radical (unpaired) electrons. The van der Waals surface area contributed by atoms with Crippen LogP contribution in [0.25, 0.3) is 0 Å². The molecule has 13 heavy (non-hydrogen) atoms. The van der Waals surface area contributed by atoms with Gasteiger partial charge in [-0.3, -0.25) is 0 Å². The van der Waals surface area contributed by atoms with Gasteiger partial charge in [0.15, 0.2) is 0 Å². The Bertz CT molecular complexity index is 249. The predicted molar refractivity (Wildman–Crippen MR) is 58.8 cm³/mol. The molecule has 0 fully saturated rings. The molecule has 2 heteroatoms. The lowest BCUT2D eigenvalue weighted by Gasteiger charge is -2.26. The minimum absolute atomic E-state index is 0.0653. The molecule has 0 aliphatic heterocycles. The summed E-state index contributed by atoms with van der Waals surface area (Å²) >= 11 is 5.69. The van der Waals surface area contributed by atoms with E-state index in [1.165, 1.54) is 0 Å². The van der Waals surface area contributed by atoms with Crippen molar-refractivity contribution in [3.8, 4) is 0 Å². The van der Waals surface area contributed by atoms with Crippen LogP contribution in [0.2, 0.25) is 0 Å². The molecule has 0 rings (SSSR count). The van der Waals surface area contributed by atoms with Gasteiger partial charge in [0.1, 0.15) is 0 Å². The molecule has 0 aromatic carbocycles. The fraction of sp³-hybridized carbons (Fsp3) is 0.455. The third kappa shape index (κ3) is 3.79. The molecule has 74 valence electrons. The molecule has 0 bridgehead atoms.